The van der Waals surface area contributed by atoms with Crippen molar-refractivity contribution in [3.8, 4) is 0 Å². The van der Waals surface area contributed by atoms with E-state index in [1.807, 2.05) is 0 Å². The predicted octanol–water partition coefficient (Wildman–Crippen LogP) is 5.95. The summed E-state index contributed by atoms with van der Waals surface area (Å²) in [5.74, 6) is 0.879. The molecule has 0 aliphatic heterocycles. The van der Waals surface area contributed by atoms with Gasteiger partial charge in [-0.2, -0.15) is 0 Å². The van der Waals surface area contributed by atoms with Gasteiger partial charge in [0.2, 0.25) is 0 Å². The predicted molar refractivity (Wildman–Crippen MR) is 99.6 cm³/mol. The summed E-state index contributed by atoms with van der Waals surface area (Å²) in [7, 11) is 1.78. The minimum absolute atomic E-state index is 0.834. The van der Waals surface area contributed by atoms with E-state index in [1.54, 1.807) is 7.11 Å². The monoisotopic (exact) mass is 313 g/mol. The van der Waals surface area contributed by atoms with Gasteiger partial charge in [0, 0.05) is 13.7 Å². The van der Waals surface area contributed by atoms with Gasteiger partial charge in [-0.3, -0.25) is 0 Å². The first-order valence-electron chi connectivity index (χ1n) is 10.0. The molecule has 0 aromatic heterocycles. The van der Waals surface area contributed by atoms with Crippen LogP contribution in [0.4, 0.5) is 0 Å². The van der Waals surface area contributed by atoms with Gasteiger partial charge in [-0.05, 0) is 25.3 Å². The molecule has 0 aromatic rings. The molecule has 0 fully saturated rings. The van der Waals surface area contributed by atoms with Crippen LogP contribution in [0.5, 0.6) is 0 Å². The number of methoxy groups -OCH3 is 1. The SMILES string of the molecule is CCCCCCCCC(CCCCCCC)CNCCOC. The van der Waals surface area contributed by atoms with Crippen molar-refractivity contribution in [3.63, 3.8) is 0 Å². The molecule has 134 valence electrons. The molecular weight excluding hydrogens is 270 g/mol. The second kappa shape index (κ2) is 19.0. The van der Waals surface area contributed by atoms with Gasteiger partial charge in [-0.15, -0.1) is 0 Å². The summed E-state index contributed by atoms with van der Waals surface area (Å²) in [5, 5.41) is 3.57. The van der Waals surface area contributed by atoms with E-state index in [2.05, 4.69) is 19.2 Å². The van der Waals surface area contributed by atoms with E-state index in [1.165, 1.54) is 90.0 Å². The number of ether oxygens (including phenoxy) is 1. The van der Waals surface area contributed by atoms with Crippen molar-refractivity contribution < 1.29 is 4.74 Å². The van der Waals surface area contributed by atoms with Gasteiger partial charge in [-0.25, -0.2) is 0 Å². The van der Waals surface area contributed by atoms with Crippen molar-refractivity contribution in [2.45, 2.75) is 97.3 Å². The Morgan fingerprint density at radius 3 is 1.73 bits per heavy atom. The first-order chi connectivity index (χ1) is 10.8. The molecule has 22 heavy (non-hydrogen) atoms. The van der Waals surface area contributed by atoms with Crippen molar-refractivity contribution >= 4 is 0 Å². The highest BCUT2D eigenvalue weighted by atomic mass is 16.5. The molecule has 0 amide bonds. The van der Waals surface area contributed by atoms with Crippen LogP contribution in [0.1, 0.15) is 97.3 Å². The molecule has 0 heterocycles. The normalized spacial score (nSPS) is 12.7. The molecule has 1 atom stereocenters. The third-order valence-electron chi connectivity index (χ3n) is 4.60. The smallest absolute Gasteiger partial charge is 0.0587 e. The van der Waals surface area contributed by atoms with Gasteiger partial charge >= 0.3 is 0 Å². The first-order valence-corrected chi connectivity index (χ1v) is 10.0. The number of hydrogen-bond acceptors (Lipinski definition) is 2. The summed E-state index contributed by atoms with van der Waals surface area (Å²) in [6.45, 7) is 7.60. The third-order valence-corrected chi connectivity index (χ3v) is 4.60. The molecule has 0 aliphatic rings. The van der Waals surface area contributed by atoms with Crippen LogP contribution >= 0.6 is 0 Å². The highest BCUT2D eigenvalue weighted by Crippen LogP contribution is 2.18. The fraction of sp³-hybridized carbons (Fsp3) is 1.00. The zero-order valence-electron chi connectivity index (χ0n) is 15.8. The van der Waals surface area contributed by atoms with Gasteiger partial charge in [0.1, 0.15) is 0 Å². The molecule has 0 spiro atoms. The van der Waals surface area contributed by atoms with E-state index < -0.39 is 0 Å². The summed E-state index contributed by atoms with van der Waals surface area (Å²) in [5.41, 5.74) is 0. The van der Waals surface area contributed by atoms with Crippen molar-refractivity contribution in [1.82, 2.24) is 5.32 Å². The molecule has 0 bridgehead atoms. The second-order valence-corrected chi connectivity index (χ2v) is 6.82. The number of nitrogens with one attached hydrogen (secondary N) is 1. The maximum Gasteiger partial charge on any atom is 0.0587 e. The fourth-order valence-corrected chi connectivity index (χ4v) is 3.08. The molecule has 0 aliphatic carbocycles. The van der Waals surface area contributed by atoms with Gasteiger partial charge in [0.25, 0.3) is 0 Å². The average molecular weight is 314 g/mol. The third kappa shape index (κ3) is 16.3. The Hall–Kier alpha value is -0.0800. The van der Waals surface area contributed by atoms with Crippen LogP contribution < -0.4 is 5.32 Å². The van der Waals surface area contributed by atoms with Crippen LogP contribution in [0.2, 0.25) is 0 Å². The Morgan fingerprint density at radius 1 is 0.727 bits per heavy atom. The highest BCUT2D eigenvalue weighted by Gasteiger charge is 2.08. The van der Waals surface area contributed by atoms with Gasteiger partial charge in [0.15, 0.2) is 0 Å². The zero-order valence-corrected chi connectivity index (χ0v) is 15.8. The summed E-state index contributed by atoms with van der Waals surface area (Å²) in [4.78, 5) is 0. The Kier molecular flexibility index (Phi) is 18.9. The van der Waals surface area contributed by atoms with Crippen LogP contribution in [0.15, 0.2) is 0 Å². The van der Waals surface area contributed by atoms with Crippen LogP contribution in [-0.4, -0.2) is 26.8 Å². The maximum absolute atomic E-state index is 5.12. The zero-order chi connectivity index (χ0) is 16.3. The number of unbranched alkanes of at least 4 members (excludes halogenated alkanes) is 9. The average Bonchev–Trinajstić information content (AvgIpc) is 2.53. The summed E-state index contributed by atoms with van der Waals surface area (Å²) in [6, 6.07) is 0. The lowest BCUT2D eigenvalue weighted by atomic mass is 9.94. The summed E-state index contributed by atoms with van der Waals surface area (Å²) in [6.07, 6.45) is 18.4. The number of hydrogen-bond donors (Lipinski definition) is 1. The lowest BCUT2D eigenvalue weighted by Gasteiger charge is -2.17. The molecule has 1 unspecified atom stereocenters. The number of rotatable bonds is 18. The minimum atomic E-state index is 0.834. The van der Waals surface area contributed by atoms with E-state index in [0.29, 0.717) is 0 Å². The van der Waals surface area contributed by atoms with Gasteiger partial charge < -0.3 is 10.1 Å². The van der Waals surface area contributed by atoms with Crippen molar-refractivity contribution in [2.75, 3.05) is 26.8 Å². The molecule has 0 saturated carbocycles. The lowest BCUT2D eigenvalue weighted by molar-refractivity contribution is 0.197. The molecule has 2 heteroatoms. The van der Waals surface area contributed by atoms with Crippen molar-refractivity contribution in [1.29, 1.82) is 0 Å². The van der Waals surface area contributed by atoms with Crippen LogP contribution in [0.25, 0.3) is 0 Å². The van der Waals surface area contributed by atoms with Crippen molar-refractivity contribution in [2.24, 2.45) is 5.92 Å². The van der Waals surface area contributed by atoms with E-state index in [0.717, 1.165) is 19.1 Å². The molecule has 0 aromatic carbocycles. The van der Waals surface area contributed by atoms with Crippen LogP contribution in [0, 0.1) is 5.92 Å². The molecule has 0 saturated heterocycles. The van der Waals surface area contributed by atoms with E-state index in [4.69, 9.17) is 4.74 Å². The second-order valence-electron chi connectivity index (χ2n) is 6.82. The summed E-state index contributed by atoms with van der Waals surface area (Å²) < 4.78 is 5.12. The molecular formula is C20H43NO. The van der Waals surface area contributed by atoms with E-state index >= 15 is 0 Å². The van der Waals surface area contributed by atoms with E-state index in [9.17, 15) is 0 Å². The molecule has 0 rings (SSSR count). The Morgan fingerprint density at radius 2 is 1.23 bits per heavy atom. The largest absolute Gasteiger partial charge is 0.383 e. The first kappa shape index (κ1) is 21.9. The van der Waals surface area contributed by atoms with Gasteiger partial charge in [0.05, 0.1) is 6.61 Å². The lowest BCUT2D eigenvalue weighted by Crippen LogP contribution is -2.26. The quantitative estimate of drug-likeness (QED) is 0.316. The Balaban J connectivity index is 3.69. The Labute approximate surface area is 140 Å². The molecule has 0 radical (unpaired) electrons. The summed E-state index contributed by atoms with van der Waals surface area (Å²) >= 11 is 0. The fourth-order valence-electron chi connectivity index (χ4n) is 3.08. The van der Waals surface area contributed by atoms with Crippen LogP contribution in [-0.2, 0) is 4.74 Å². The molecule has 1 N–H and O–H groups in total. The van der Waals surface area contributed by atoms with E-state index in [-0.39, 0.29) is 0 Å². The van der Waals surface area contributed by atoms with Gasteiger partial charge in [-0.1, -0.05) is 84.5 Å². The topological polar surface area (TPSA) is 21.3 Å². The standard InChI is InChI=1S/C20H43NO/c1-4-6-8-10-12-14-16-20(19-21-17-18-22-3)15-13-11-9-7-5-2/h20-21H,4-19H2,1-3H3. The Bertz CT molecular complexity index is 196. The molecule has 2 nitrogen and oxygen atoms in total. The minimum Gasteiger partial charge on any atom is -0.383 e. The van der Waals surface area contributed by atoms with Crippen molar-refractivity contribution in [3.05, 3.63) is 0 Å². The van der Waals surface area contributed by atoms with Crippen LogP contribution in [0.3, 0.4) is 0 Å². The maximum atomic E-state index is 5.12. The highest BCUT2D eigenvalue weighted by molar-refractivity contribution is 4.64.